The predicted octanol–water partition coefficient (Wildman–Crippen LogP) is 3.24. The normalized spacial score (nSPS) is 10.7. The second-order valence-electron chi connectivity index (χ2n) is 3.96. The summed E-state index contributed by atoms with van der Waals surface area (Å²) in [6.45, 7) is 0. The quantitative estimate of drug-likeness (QED) is 0.726. The van der Waals surface area contributed by atoms with Crippen LogP contribution in [0.1, 0.15) is 0 Å². The van der Waals surface area contributed by atoms with Crippen LogP contribution in [0.3, 0.4) is 0 Å². The van der Waals surface area contributed by atoms with Gasteiger partial charge >= 0.3 is 0 Å². The molecule has 3 aromatic rings. The Hall–Kier alpha value is -2.13. The zero-order valence-corrected chi connectivity index (χ0v) is 10.1. The minimum absolute atomic E-state index is 0.0450. The van der Waals surface area contributed by atoms with Gasteiger partial charge in [-0.05, 0) is 23.8 Å². The van der Waals surface area contributed by atoms with E-state index in [1.54, 1.807) is 18.6 Å². The lowest BCUT2D eigenvalue weighted by Gasteiger charge is -2.05. The third kappa shape index (κ3) is 1.79. The maximum atomic E-state index is 11.8. The van der Waals surface area contributed by atoms with E-state index in [9.17, 15) is 4.79 Å². The first-order chi connectivity index (χ1) is 8.75. The molecule has 3 rings (SSSR count). The van der Waals surface area contributed by atoms with E-state index in [0.717, 1.165) is 11.1 Å². The molecule has 0 atom stereocenters. The highest BCUT2D eigenvalue weighted by atomic mass is 35.5. The summed E-state index contributed by atoms with van der Waals surface area (Å²) < 4.78 is 0. The Morgan fingerprint density at radius 2 is 2.06 bits per heavy atom. The number of fused-ring (bicyclic) bond motifs is 1. The van der Waals surface area contributed by atoms with Gasteiger partial charge in [-0.15, -0.1) is 0 Å². The van der Waals surface area contributed by atoms with Crippen LogP contribution in [0.5, 0.6) is 0 Å². The Balaban J connectivity index is 2.34. The molecule has 4 heteroatoms. The van der Waals surface area contributed by atoms with E-state index in [1.165, 1.54) is 6.07 Å². The number of H-pyrrole nitrogens is 1. The van der Waals surface area contributed by atoms with Gasteiger partial charge in [-0.2, -0.15) is 0 Å². The van der Waals surface area contributed by atoms with Crippen molar-refractivity contribution in [3.05, 3.63) is 64.2 Å². The molecule has 3 nitrogen and oxygen atoms in total. The van der Waals surface area contributed by atoms with Crippen molar-refractivity contribution in [1.29, 1.82) is 0 Å². The molecule has 0 aliphatic rings. The number of hydrogen-bond donors (Lipinski definition) is 1. The highest BCUT2D eigenvalue weighted by Gasteiger charge is 2.06. The topological polar surface area (TPSA) is 45.8 Å². The number of pyridine rings is 2. The lowest BCUT2D eigenvalue weighted by Crippen LogP contribution is -2.00. The second-order valence-corrected chi connectivity index (χ2v) is 4.37. The van der Waals surface area contributed by atoms with Gasteiger partial charge in [0.25, 0.3) is 0 Å². The first-order valence-electron chi connectivity index (χ1n) is 5.47. The number of halogens is 1. The molecule has 0 bridgehead atoms. The number of nitrogens with one attached hydrogen (secondary N) is 1. The summed E-state index contributed by atoms with van der Waals surface area (Å²) in [6.07, 6.45) is 5.05. The number of aromatic nitrogens is 2. The molecule has 0 saturated carbocycles. The average molecular weight is 257 g/mol. The first kappa shape index (κ1) is 11.0. The van der Waals surface area contributed by atoms with Gasteiger partial charge in [0.15, 0.2) is 5.43 Å². The van der Waals surface area contributed by atoms with Crippen molar-refractivity contribution in [1.82, 2.24) is 9.97 Å². The average Bonchev–Trinajstić information content (AvgIpc) is 2.41. The van der Waals surface area contributed by atoms with E-state index in [2.05, 4.69) is 9.97 Å². The van der Waals surface area contributed by atoms with Crippen LogP contribution < -0.4 is 5.43 Å². The smallest absolute Gasteiger partial charge is 0.189 e. The summed E-state index contributed by atoms with van der Waals surface area (Å²) in [6, 6.07) is 8.93. The molecule has 2 aromatic heterocycles. The Bertz CT molecular complexity index is 766. The van der Waals surface area contributed by atoms with E-state index in [1.807, 2.05) is 24.3 Å². The Morgan fingerprint density at radius 3 is 2.83 bits per heavy atom. The van der Waals surface area contributed by atoms with Crippen LogP contribution in [0.25, 0.3) is 22.0 Å². The second kappa shape index (κ2) is 4.27. The van der Waals surface area contributed by atoms with E-state index >= 15 is 0 Å². The summed E-state index contributed by atoms with van der Waals surface area (Å²) in [5.74, 6) is 0. The van der Waals surface area contributed by atoms with Gasteiger partial charge in [0.2, 0.25) is 0 Å². The van der Waals surface area contributed by atoms with Gasteiger partial charge in [-0.1, -0.05) is 17.7 Å². The SMILES string of the molecule is O=c1cc[nH]c2c(Cl)cc(-c3cccnc3)cc12. The Labute approximate surface area is 108 Å². The summed E-state index contributed by atoms with van der Waals surface area (Å²) in [4.78, 5) is 18.9. The Kier molecular flexibility index (Phi) is 2.61. The maximum Gasteiger partial charge on any atom is 0.189 e. The standard InChI is InChI=1S/C14H9ClN2O/c15-12-7-10(9-2-1-4-16-8-9)6-11-13(18)3-5-17-14(11)12/h1-8H,(H,17,18). The van der Waals surface area contributed by atoms with Gasteiger partial charge in [0.05, 0.1) is 10.5 Å². The summed E-state index contributed by atoms with van der Waals surface area (Å²) in [7, 11) is 0. The number of nitrogens with zero attached hydrogens (tertiary/aromatic N) is 1. The molecule has 0 saturated heterocycles. The van der Waals surface area contributed by atoms with E-state index < -0.39 is 0 Å². The molecule has 0 aliphatic carbocycles. The first-order valence-corrected chi connectivity index (χ1v) is 5.85. The monoisotopic (exact) mass is 256 g/mol. The molecule has 0 spiro atoms. The summed E-state index contributed by atoms with van der Waals surface area (Å²) >= 11 is 6.19. The minimum Gasteiger partial charge on any atom is -0.360 e. The predicted molar refractivity (Wildman–Crippen MR) is 72.8 cm³/mol. The summed E-state index contributed by atoms with van der Waals surface area (Å²) in [5, 5.41) is 1.12. The molecule has 18 heavy (non-hydrogen) atoms. The molecule has 0 amide bonds. The van der Waals surface area contributed by atoms with Crippen LogP contribution in [-0.4, -0.2) is 9.97 Å². The zero-order chi connectivity index (χ0) is 12.5. The molecule has 1 aromatic carbocycles. The van der Waals surface area contributed by atoms with Crippen LogP contribution >= 0.6 is 11.6 Å². The number of hydrogen-bond acceptors (Lipinski definition) is 2. The minimum atomic E-state index is -0.0450. The van der Waals surface area contributed by atoms with Crippen LogP contribution in [0.4, 0.5) is 0 Å². The van der Waals surface area contributed by atoms with Crippen molar-refractivity contribution in [2.45, 2.75) is 0 Å². The van der Waals surface area contributed by atoms with Gasteiger partial charge in [-0.3, -0.25) is 9.78 Å². The van der Waals surface area contributed by atoms with Crippen molar-refractivity contribution < 1.29 is 0 Å². The fourth-order valence-electron chi connectivity index (χ4n) is 1.94. The molecule has 1 N–H and O–H groups in total. The van der Waals surface area contributed by atoms with Crippen LogP contribution in [0, 0.1) is 0 Å². The van der Waals surface area contributed by atoms with Crippen molar-refractivity contribution in [2.24, 2.45) is 0 Å². The Morgan fingerprint density at radius 1 is 1.17 bits per heavy atom. The molecule has 0 aliphatic heterocycles. The third-order valence-electron chi connectivity index (χ3n) is 2.81. The molecule has 2 heterocycles. The van der Waals surface area contributed by atoms with Crippen LogP contribution in [0.15, 0.2) is 53.7 Å². The van der Waals surface area contributed by atoms with E-state index in [-0.39, 0.29) is 5.43 Å². The lowest BCUT2D eigenvalue weighted by molar-refractivity contribution is 1.33. The fraction of sp³-hybridized carbons (Fsp3) is 0. The molecule has 0 unspecified atom stereocenters. The van der Waals surface area contributed by atoms with Gasteiger partial charge < -0.3 is 4.98 Å². The van der Waals surface area contributed by atoms with Crippen LogP contribution in [-0.2, 0) is 0 Å². The van der Waals surface area contributed by atoms with Gasteiger partial charge in [0, 0.05) is 35.6 Å². The summed E-state index contributed by atoms with van der Waals surface area (Å²) in [5.41, 5.74) is 2.44. The van der Waals surface area contributed by atoms with Crippen molar-refractivity contribution in [3.63, 3.8) is 0 Å². The lowest BCUT2D eigenvalue weighted by atomic mass is 10.0. The number of rotatable bonds is 1. The highest BCUT2D eigenvalue weighted by Crippen LogP contribution is 2.27. The highest BCUT2D eigenvalue weighted by molar-refractivity contribution is 6.35. The van der Waals surface area contributed by atoms with Crippen molar-refractivity contribution in [3.8, 4) is 11.1 Å². The van der Waals surface area contributed by atoms with Crippen molar-refractivity contribution in [2.75, 3.05) is 0 Å². The van der Waals surface area contributed by atoms with Gasteiger partial charge in [-0.25, -0.2) is 0 Å². The molecule has 0 fully saturated rings. The molecule has 0 radical (unpaired) electrons. The molecular formula is C14H9ClN2O. The fourth-order valence-corrected chi connectivity index (χ4v) is 2.21. The molecule has 88 valence electrons. The van der Waals surface area contributed by atoms with E-state index in [4.69, 9.17) is 11.6 Å². The zero-order valence-electron chi connectivity index (χ0n) is 9.35. The maximum absolute atomic E-state index is 11.8. The third-order valence-corrected chi connectivity index (χ3v) is 3.11. The van der Waals surface area contributed by atoms with E-state index in [0.29, 0.717) is 15.9 Å². The van der Waals surface area contributed by atoms with Gasteiger partial charge in [0.1, 0.15) is 0 Å². The largest absolute Gasteiger partial charge is 0.360 e. The number of benzene rings is 1. The number of aromatic amines is 1. The molecular weight excluding hydrogens is 248 g/mol. The van der Waals surface area contributed by atoms with Crippen molar-refractivity contribution >= 4 is 22.5 Å². The van der Waals surface area contributed by atoms with Crippen LogP contribution in [0.2, 0.25) is 5.02 Å².